The maximum atomic E-state index is 12.1. The lowest BCUT2D eigenvalue weighted by molar-refractivity contribution is 0.102. The molecular formula is C15H12ClN3O. The number of amides is 1. The van der Waals surface area contributed by atoms with Crippen molar-refractivity contribution in [2.24, 2.45) is 0 Å². The van der Waals surface area contributed by atoms with E-state index in [4.69, 9.17) is 11.6 Å². The molecule has 0 aliphatic rings. The molecule has 2 aromatic carbocycles. The second-order valence-corrected chi connectivity index (χ2v) is 4.94. The number of aromatic amines is 1. The molecule has 1 aromatic heterocycles. The summed E-state index contributed by atoms with van der Waals surface area (Å²) < 4.78 is 0. The highest BCUT2D eigenvalue weighted by Gasteiger charge is 2.07. The van der Waals surface area contributed by atoms with E-state index in [0.29, 0.717) is 16.5 Å². The lowest BCUT2D eigenvalue weighted by atomic mass is 10.1. The SMILES string of the molecule is Cc1ccc(C(=O)Nc2ccc3nc(Cl)[nH]c3c2)cc1. The minimum Gasteiger partial charge on any atom is -0.329 e. The zero-order valence-electron chi connectivity index (χ0n) is 10.8. The Bertz CT molecular complexity index is 777. The minimum absolute atomic E-state index is 0.144. The largest absolute Gasteiger partial charge is 0.329 e. The summed E-state index contributed by atoms with van der Waals surface area (Å²) in [6.07, 6.45) is 0. The zero-order valence-corrected chi connectivity index (χ0v) is 11.5. The molecule has 0 atom stereocenters. The number of carbonyl (C=O) groups is 1. The van der Waals surface area contributed by atoms with Gasteiger partial charge < -0.3 is 10.3 Å². The molecule has 3 rings (SSSR count). The maximum Gasteiger partial charge on any atom is 0.255 e. The van der Waals surface area contributed by atoms with Gasteiger partial charge in [-0.2, -0.15) is 0 Å². The van der Waals surface area contributed by atoms with E-state index in [0.717, 1.165) is 16.6 Å². The number of aryl methyl sites for hydroxylation is 1. The van der Waals surface area contributed by atoms with Gasteiger partial charge in [0, 0.05) is 11.3 Å². The predicted molar refractivity (Wildman–Crippen MR) is 80.2 cm³/mol. The molecule has 0 spiro atoms. The van der Waals surface area contributed by atoms with Crippen LogP contribution in [0.25, 0.3) is 11.0 Å². The fraction of sp³-hybridized carbons (Fsp3) is 0.0667. The summed E-state index contributed by atoms with van der Waals surface area (Å²) in [4.78, 5) is 19.1. The molecule has 0 bridgehead atoms. The quantitative estimate of drug-likeness (QED) is 0.753. The van der Waals surface area contributed by atoms with Gasteiger partial charge in [0.1, 0.15) is 0 Å². The molecule has 0 aliphatic heterocycles. The van der Waals surface area contributed by atoms with E-state index < -0.39 is 0 Å². The first-order valence-electron chi connectivity index (χ1n) is 6.15. The van der Waals surface area contributed by atoms with E-state index >= 15 is 0 Å². The Morgan fingerprint density at radius 1 is 1.20 bits per heavy atom. The smallest absolute Gasteiger partial charge is 0.255 e. The molecule has 0 aliphatic carbocycles. The van der Waals surface area contributed by atoms with Crippen molar-refractivity contribution in [1.29, 1.82) is 0 Å². The highest BCUT2D eigenvalue weighted by molar-refractivity contribution is 6.29. The number of halogens is 1. The lowest BCUT2D eigenvalue weighted by Crippen LogP contribution is -2.11. The topological polar surface area (TPSA) is 57.8 Å². The van der Waals surface area contributed by atoms with Gasteiger partial charge in [0.05, 0.1) is 11.0 Å². The molecule has 0 unspecified atom stereocenters. The molecule has 0 saturated heterocycles. The van der Waals surface area contributed by atoms with Crippen LogP contribution in [0.3, 0.4) is 0 Å². The van der Waals surface area contributed by atoms with Crippen molar-refractivity contribution in [3.63, 3.8) is 0 Å². The van der Waals surface area contributed by atoms with Crippen LogP contribution in [0.15, 0.2) is 42.5 Å². The normalized spacial score (nSPS) is 10.7. The Morgan fingerprint density at radius 2 is 1.95 bits per heavy atom. The van der Waals surface area contributed by atoms with Crippen LogP contribution in [0, 0.1) is 6.92 Å². The molecule has 5 heteroatoms. The summed E-state index contributed by atoms with van der Waals surface area (Å²) in [5, 5.41) is 3.18. The maximum absolute atomic E-state index is 12.1. The van der Waals surface area contributed by atoms with Crippen molar-refractivity contribution < 1.29 is 4.79 Å². The molecule has 0 fully saturated rings. The molecule has 20 heavy (non-hydrogen) atoms. The van der Waals surface area contributed by atoms with Crippen LogP contribution in [0.5, 0.6) is 0 Å². The molecule has 100 valence electrons. The van der Waals surface area contributed by atoms with E-state index in [2.05, 4.69) is 15.3 Å². The Morgan fingerprint density at radius 3 is 2.70 bits per heavy atom. The third-order valence-electron chi connectivity index (χ3n) is 3.02. The number of carbonyl (C=O) groups excluding carboxylic acids is 1. The molecule has 1 amide bonds. The molecule has 1 heterocycles. The number of fused-ring (bicyclic) bond motifs is 1. The summed E-state index contributed by atoms with van der Waals surface area (Å²) >= 11 is 5.80. The van der Waals surface area contributed by atoms with Crippen molar-refractivity contribution in [2.45, 2.75) is 6.92 Å². The molecule has 0 saturated carbocycles. The predicted octanol–water partition coefficient (Wildman–Crippen LogP) is 3.78. The highest BCUT2D eigenvalue weighted by atomic mass is 35.5. The number of hydrogen-bond acceptors (Lipinski definition) is 2. The van der Waals surface area contributed by atoms with E-state index in [-0.39, 0.29) is 5.91 Å². The Kier molecular flexibility index (Phi) is 3.16. The van der Waals surface area contributed by atoms with Crippen molar-refractivity contribution in [1.82, 2.24) is 9.97 Å². The molecule has 3 aromatic rings. The summed E-state index contributed by atoms with van der Waals surface area (Å²) in [5.74, 6) is -0.144. The first kappa shape index (κ1) is 12.7. The van der Waals surface area contributed by atoms with Crippen molar-refractivity contribution >= 4 is 34.2 Å². The van der Waals surface area contributed by atoms with Gasteiger partial charge in [-0.3, -0.25) is 4.79 Å². The average molecular weight is 286 g/mol. The number of rotatable bonds is 2. The van der Waals surface area contributed by atoms with E-state index in [1.54, 1.807) is 24.3 Å². The highest BCUT2D eigenvalue weighted by Crippen LogP contribution is 2.19. The number of nitrogens with zero attached hydrogens (tertiary/aromatic N) is 1. The third kappa shape index (κ3) is 2.51. The van der Waals surface area contributed by atoms with Gasteiger partial charge in [-0.25, -0.2) is 4.98 Å². The van der Waals surface area contributed by atoms with Crippen LogP contribution in [0.2, 0.25) is 5.28 Å². The Labute approximate surface area is 120 Å². The summed E-state index contributed by atoms with van der Waals surface area (Å²) in [7, 11) is 0. The van der Waals surface area contributed by atoms with Crippen LogP contribution < -0.4 is 5.32 Å². The fourth-order valence-electron chi connectivity index (χ4n) is 1.96. The molecule has 2 N–H and O–H groups in total. The number of anilines is 1. The number of hydrogen-bond donors (Lipinski definition) is 2. The van der Waals surface area contributed by atoms with Crippen LogP contribution in [-0.4, -0.2) is 15.9 Å². The first-order valence-corrected chi connectivity index (χ1v) is 6.53. The van der Waals surface area contributed by atoms with Crippen molar-refractivity contribution in [2.75, 3.05) is 5.32 Å². The Balaban J connectivity index is 1.84. The third-order valence-corrected chi connectivity index (χ3v) is 3.20. The lowest BCUT2D eigenvalue weighted by Gasteiger charge is -2.05. The van der Waals surface area contributed by atoms with Crippen molar-refractivity contribution in [3.05, 3.63) is 58.9 Å². The second-order valence-electron chi connectivity index (χ2n) is 4.58. The van der Waals surface area contributed by atoms with Gasteiger partial charge >= 0.3 is 0 Å². The van der Waals surface area contributed by atoms with E-state index in [1.807, 2.05) is 25.1 Å². The summed E-state index contributed by atoms with van der Waals surface area (Å²) in [6.45, 7) is 1.98. The van der Waals surface area contributed by atoms with Crippen LogP contribution in [0.4, 0.5) is 5.69 Å². The zero-order chi connectivity index (χ0) is 14.1. The Hall–Kier alpha value is -2.33. The standard InChI is InChI=1S/C15H12ClN3O/c1-9-2-4-10(5-3-9)14(20)17-11-6-7-12-13(8-11)19-15(16)18-12/h2-8H,1H3,(H,17,20)(H,18,19). The van der Waals surface area contributed by atoms with Gasteiger partial charge in [0.25, 0.3) is 5.91 Å². The second kappa shape index (κ2) is 4.98. The van der Waals surface area contributed by atoms with Crippen molar-refractivity contribution in [3.8, 4) is 0 Å². The van der Waals surface area contributed by atoms with E-state index in [1.165, 1.54) is 0 Å². The number of aromatic nitrogens is 2. The summed E-state index contributed by atoms with van der Waals surface area (Å²) in [6, 6.07) is 12.8. The monoisotopic (exact) mass is 285 g/mol. The number of H-pyrrole nitrogens is 1. The average Bonchev–Trinajstić information content (AvgIpc) is 2.78. The van der Waals surface area contributed by atoms with Crippen LogP contribution in [0.1, 0.15) is 15.9 Å². The van der Waals surface area contributed by atoms with Gasteiger partial charge in [0.15, 0.2) is 0 Å². The first-order chi connectivity index (χ1) is 9.61. The number of benzene rings is 2. The summed E-state index contributed by atoms with van der Waals surface area (Å²) in [5.41, 5.74) is 4.00. The van der Waals surface area contributed by atoms with Crippen LogP contribution >= 0.6 is 11.6 Å². The molecule has 4 nitrogen and oxygen atoms in total. The number of nitrogens with one attached hydrogen (secondary N) is 2. The van der Waals surface area contributed by atoms with Gasteiger partial charge in [-0.15, -0.1) is 0 Å². The van der Waals surface area contributed by atoms with E-state index in [9.17, 15) is 4.79 Å². The van der Waals surface area contributed by atoms with Gasteiger partial charge in [0.2, 0.25) is 5.28 Å². The molecule has 0 radical (unpaired) electrons. The van der Waals surface area contributed by atoms with Gasteiger partial charge in [-0.1, -0.05) is 17.7 Å². The minimum atomic E-state index is -0.144. The fourth-order valence-corrected chi connectivity index (χ4v) is 2.16. The van der Waals surface area contributed by atoms with Crippen LogP contribution in [-0.2, 0) is 0 Å². The number of imidazole rings is 1. The molecular weight excluding hydrogens is 274 g/mol. The van der Waals surface area contributed by atoms with Gasteiger partial charge in [-0.05, 0) is 48.9 Å².